The van der Waals surface area contributed by atoms with Crippen LogP contribution in [0.25, 0.3) is 15.9 Å². The van der Waals surface area contributed by atoms with E-state index in [2.05, 4.69) is 9.97 Å². The fraction of sp³-hybridized carbons (Fsp3) is 0.286. The highest BCUT2D eigenvalue weighted by atomic mass is 32.2. The summed E-state index contributed by atoms with van der Waals surface area (Å²) in [7, 11) is 0. The van der Waals surface area contributed by atoms with Crippen molar-refractivity contribution in [3.05, 3.63) is 68.3 Å². The van der Waals surface area contributed by atoms with Gasteiger partial charge in [-0.3, -0.25) is 18.6 Å². The molecule has 0 saturated heterocycles. The third-order valence-electron chi connectivity index (χ3n) is 4.77. The van der Waals surface area contributed by atoms with Gasteiger partial charge < -0.3 is 9.90 Å². The maximum Gasteiger partial charge on any atom is 0.272 e. The van der Waals surface area contributed by atoms with Gasteiger partial charge in [-0.2, -0.15) is 0 Å². The van der Waals surface area contributed by atoms with Crippen molar-refractivity contribution < 1.29 is 9.90 Å². The van der Waals surface area contributed by atoms with Gasteiger partial charge in [0.15, 0.2) is 5.16 Å². The summed E-state index contributed by atoms with van der Waals surface area (Å²) in [6.45, 7) is 0.447. The Hall–Kier alpha value is -2.98. The zero-order valence-corrected chi connectivity index (χ0v) is 18.2. The Morgan fingerprint density at radius 1 is 1.13 bits per heavy atom. The number of thiophene rings is 1. The first-order valence-electron chi connectivity index (χ1n) is 9.81. The molecule has 0 aromatic carbocycles. The molecule has 0 fully saturated rings. The normalized spacial score (nSPS) is 11.4. The van der Waals surface area contributed by atoms with Crippen LogP contribution in [0.2, 0.25) is 0 Å². The molecule has 4 rings (SSSR count). The quantitative estimate of drug-likeness (QED) is 0.216. The Balaban J connectivity index is 1.57. The molecule has 10 heteroatoms. The molecule has 0 bridgehead atoms. The smallest absolute Gasteiger partial charge is 0.272 e. The number of fused-ring (bicyclic) bond motifs is 2. The number of aromatic nitrogens is 4. The second-order valence-electron chi connectivity index (χ2n) is 6.97. The molecule has 31 heavy (non-hydrogen) atoms. The number of carbonyl (C=O) groups is 1. The number of carbonyl (C=O) groups excluding carboxylic acids is 1. The van der Waals surface area contributed by atoms with Crippen molar-refractivity contribution in [3.63, 3.8) is 0 Å². The molecule has 0 radical (unpaired) electrons. The van der Waals surface area contributed by atoms with Gasteiger partial charge in [-0.1, -0.05) is 24.2 Å². The molecular formula is C21H19N4O4S2-. The SMILES string of the molecule is O=C([O-])CCCCCn1c(SCc2cc(=O)n3ccccc3n2)nc2ccsc2c1=O. The molecule has 0 atom stereocenters. The average molecular weight is 456 g/mol. The molecule has 0 N–H and O–H groups in total. The number of hydrogen-bond acceptors (Lipinski definition) is 8. The van der Waals surface area contributed by atoms with Gasteiger partial charge in [-0.15, -0.1) is 11.3 Å². The molecule has 0 aliphatic rings. The summed E-state index contributed by atoms with van der Waals surface area (Å²) in [5.74, 6) is -0.665. The number of carboxylic acid groups (broad SMARTS) is 1. The fourth-order valence-corrected chi connectivity index (χ4v) is 4.96. The van der Waals surface area contributed by atoms with E-state index in [1.54, 1.807) is 22.9 Å². The van der Waals surface area contributed by atoms with E-state index < -0.39 is 5.97 Å². The largest absolute Gasteiger partial charge is 0.550 e. The molecule has 0 amide bonds. The molecule has 0 aliphatic heterocycles. The van der Waals surface area contributed by atoms with Crippen molar-refractivity contribution in [2.24, 2.45) is 0 Å². The summed E-state index contributed by atoms with van der Waals surface area (Å²) in [6.07, 6.45) is 3.54. The average Bonchev–Trinajstić information content (AvgIpc) is 3.22. The molecule has 0 unspecified atom stereocenters. The Morgan fingerprint density at radius 2 is 2.00 bits per heavy atom. The van der Waals surface area contributed by atoms with Crippen LogP contribution in [0.1, 0.15) is 31.4 Å². The van der Waals surface area contributed by atoms with E-state index in [9.17, 15) is 19.5 Å². The zero-order chi connectivity index (χ0) is 21.8. The van der Waals surface area contributed by atoms with Gasteiger partial charge in [0.2, 0.25) is 0 Å². The van der Waals surface area contributed by atoms with Gasteiger partial charge in [0, 0.05) is 30.5 Å². The van der Waals surface area contributed by atoms with Gasteiger partial charge >= 0.3 is 0 Å². The number of hydrogen-bond donors (Lipinski definition) is 0. The minimum absolute atomic E-state index is 0.0158. The molecule has 4 aromatic heterocycles. The number of carboxylic acids is 1. The van der Waals surface area contributed by atoms with E-state index in [-0.39, 0.29) is 17.5 Å². The van der Waals surface area contributed by atoms with Gasteiger partial charge in [-0.05, 0) is 42.8 Å². The van der Waals surface area contributed by atoms with E-state index >= 15 is 0 Å². The van der Waals surface area contributed by atoms with Crippen LogP contribution < -0.4 is 16.2 Å². The number of unbranched alkanes of at least 4 members (excludes halogenated alkanes) is 2. The molecule has 0 saturated carbocycles. The Bertz CT molecular complexity index is 1360. The zero-order valence-electron chi connectivity index (χ0n) is 16.5. The van der Waals surface area contributed by atoms with Gasteiger partial charge in [0.1, 0.15) is 10.3 Å². The standard InChI is InChI=1S/C21H20N4O4S2/c26-17-12-14(22-16-6-3-5-9-24(16)17)13-31-21-23-15-8-11-30-19(15)20(29)25(21)10-4-1-2-7-18(27)28/h3,5-6,8-9,11-12H,1-2,4,7,10,13H2,(H,27,28)/p-1. The van der Waals surface area contributed by atoms with Crippen molar-refractivity contribution in [2.45, 2.75) is 43.1 Å². The predicted molar refractivity (Wildman–Crippen MR) is 118 cm³/mol. The van der Waals surface area contributed by atoms with E-state index in [0.29, 0.717) is 58.3 Å². The van der Waals surface area contributed by atoms with Crippen LogP contribution in [0.3, 0.4) is 0 Å². The number of nitrogens with zero attached hydrogens (tertiary/aromatic N) is 4. The highest BCUT2D eigenvalue weighted by Crippen LogP contribution is 2.24. The first-order chi connectivity index (χ1) is 15.0. The predicted octanol–water partition coefficient (Wildman–Crippen LogP) is 2.07. The maximum absolute atomic E-state index is 13.0. The topological polar surface area (TPSA) is 109 Å². The van der Waals surface area contributed by atoms with Crippen molar-refractivity contribution in [2.75, 3.05) is 0 Å². The van der Waals surface area contributed by atoms with Crippen LogP contribution in [0.5, 0.6) is 0 Å². The van der Waals surface area contributed by atoms with E-state index in [0.717, 1.165) is 0 Å². The van der Waals surface area contributed by atoms with Gasteiger partial charge in [-0.25, -0.2) is 9.97 Å². The van der Waals surface area contributed by atoms with Gasteiger partial charge in [0.25, 0.3) is 11.1 Å². The first kappa shape index (κ1) is 21.3. The summed E-state index contributed by atoms with van der Waals surface area (Å²) in [4.78, 5) is 45.0. The molecule has 4 aromatic rings. The van der Waals surface area contributed by atoms with Crippen molar-refractivity contribution in [3.8, 4) is 0 Å². The lowest BCUT2D eigenvalue weighted by Gasteiger charge is -2.12. The molecular weight excluding hydrogens is 436 g/mol. The maximum atomic E-state index is 13.0. The van der Waals surface area contributed by atoms with Crippen molar-refractivity contribution >= 4 is 44.9 Å². The Kier molecular flexibility index (Phi) is 6.47. The highest BCUT2D eigenvalue weighted by molar-refractivity contribution is 7.98. The first-order valence-corrected chi connectivity index (χ1v) is 11.7. The summed E-state index contributed by atoms with van der Waals surface area (Å²) >= 11 is 2.71. The molecule has 4 heterocycles. The lowest BCUT2D eigenvalue weighted by molar-refractivity contribution is -0.305. The van der Waals surface area contributed by atoms with Crippen molar-refractivity contribution in [1.29, 1.82) is 0 Å². The Morgan fingerprint density at radius 3 is 2.84 bits per heavy atom. The minimum atomic E-state index is -1.06. The van der Waals surface area contributed by atoms with E-state index in [1.165, 1.54) is 33.6 Å². The summed E-state index contributed by atoms with van der Waals surface area (Å²) in [6, 6.07) is 8.68. The third-order valence-corrected chi connectivity index (χ3v) is 6.67. The van der Waals surface area contributed by atoms with Crippen LogP contribution >= 0.6 is 23.1 Å². The third kappa shape index (κ3) is 4.86. The number of pyridine rings is 1. The van der Waals surface area contributed by atoms with Crippen LogP contribution in [-0.4, -0.2) is 24.9 Å². The van der Waals surface area contributed by atoms with E-state index in [4.69, 9.17) is 0 Å². The molecule has 0 spiro atoms. The molecule has 0 aliphatic carbocycles. The van der Waals surface area contributed by atoms with Crippen LogP contribution in [0.15, 0.2) is 56.7 Å². The summed E-state index contributed by atoms with van der Waals surface area (Å²) < 4.78 is 3.71. The molecule has 8 nitrogen and oxygen atoms in total. The van der Waals surface area contributed by atoms with Crippen LogP contribution in [-0.2, 0) is 17.1 Å². The Labute approximate surface area is 185 Å². The number of thioether (sulfide) groups is 1. The second kappa shape index (κ2) is 9.44. The van der Waals surface area contributed by atoms with Crippen molar-refractivity contribution in [1.82, 2.24) is 18.9 Å². The van der Waals surface area contributed by atoms with Gasteiger partial charge in [0.05, 0.1) is 11.2 Å². The highest BCUT2D eigenvalue weighted by Gasteiger charge is 2.13. The number of aliphatic carboxylic acids is 1. The lowest BCUT2D eigenvalue weighted by atomic mass is 10.2. The molecule has 160 valence electrons. The summed E-state index contributed by atoms with van der Waals surface area (Å²) in [5.41, 5.74) is 1.57. The van der Waals surface area contributed by atoms with Crippen LogP contribution in [0, 0.1) is 0 Å². The van der Waals surface area contributed by atoms with Crippen LogP contribution in [0.4, 0.5) is 0 Å². The second-order valence-corrected chi connectivity index (χ2v) is 8.83. The lowest BCUT2D eigenvalue weighted by Crippen LogP contribution is -2.23. The number of rotatable bonds is 9. The minimum Gasteiger partial charge on any atom is -0.550 e. The van der Waals surface area contributed by atoms with E-state index in [1.807, 2.05) is 17.5 Å². The fourth-order valence-electron chi connectivity index (χ4n) is 3.26. The summed E-state index contributed by atoms with van der Waals surface area (Å²) in [5, 5.41) is 13.0. The monoisotopic (exact) mass is 455 g/mol.